The Labute approximate surface area is 279 Å². The van der Waals surface area contributed by atoms with Crippen LogP contribution in [0.3, 0.4) is 0 Å². The molecule has 9 rings (SSSR count). The molecule has 0 spiro atoms. The van der Waals surface area contributed by atoms with E-state index in [1.807, 2.05) is 30.3 Å². The summed E-state index contributed by atoms with van der Waals surface area (Å²) in [5.41, 5.74) is 10.7. The van der Waals surface area contributed by atoms with Gasteiger partial charge in [0.25, 0.3) is 0 Å². The van der Waals surface area contributed by atoms with Gasteiger partial charge in [-0.1, -0.05) is 127 Å². The van der Waals surface area contributed by atoms with Crippen molar-refractivity contribution in [3.63, 3.8) is 0 Å². The van der Waals surface area contributed by atoms with E-state index >= 15 is 0 Å². The summed E-state index contributed by atoms with van der Waals surface area (Å²) in [6.07, 6.45) is 0. The van der Waals surface area contributed by atoms with Gasteiger partial charge in [0.05, 0.1) is 0 Å². The van der Waals surface area contributed by atoms with E-state index in [-0.39, 0.29) is 0 Å². The van der Waals surface area contributed by atoms with Crippen LogP contribution in [0.4, 0.5) is 17.1 Å². The monoisotopic (exact) mass is 614 g/mol. The van der Waals surface area contributed by atoms with E-state index in [1.54, 1.807) is 0 Å². The molecule has 48 heavy (non-hydrogen) atoms. The fourth-order valence-electron chi connectivity index (χ4n) is 6.72. The average Bonchev–Trinajstić information content (AvgIpc) is 3.63. The Hall–Kier alpha value is -6.45. The third-order valence-electron chi connectivity index (χ3n) is 9.09. The molecule has 9 aromatic rings. The number of anilines is 3. The summed E-state index contributed by atoms with van der Waals surface area (Å²) in [7, 11) is 0. The highest BCUT2D eigenvalue weighted by Crippen LogP contribution is 2.42. The summed E-state index contributed by atoms with van der Waals surface area (Å²) in [6.45, 7) is 0. The van der Waals surface area contributed by atoms with E-state index < -0.39 is 0 Å². The zero-order valence-corrected chi connectivity index (χ0v) is 26.1. The summed E-state index contributed by atoms with van der Waals surface area (Å²) in [5.74, 6) is 0.631. The second-order valence-electron chi connectivity index (χ2n) is 12.0. The highest BCUT2D eigenvalue weighted by Gasteiger charge is 2.19. The van der Waals surface area contributed by atoms with Gasteiger partial charge >= 0.3 is 0 Å². The molecule has 1 aromatic heterocycles. The second kappa shape index (κ2) is 11.7. The predicted molar refractivity (Wildman–Crippen MR) is 200 cm³/mol. The first-order chi connectivity index (χ1) is 23.8. The van der Waals surface area contributed by atoms with Crippen molar-refractivity contribution in [2.75, 3.05) is 4.90 Å². The molecule has 0 atom stereocenters. The summed E-state index contributed by atoms with van der Waals surface area (Å²) >= 11 is 0. The summed E-state index contributed by atoms with van der Waals surface area (Å²) in [6, 6.07) is 64.0. The molecule has 1 heterocycles. The van der Waals surface area contributed by atoms with Gasteiger partial charge in [-0.2, -0.15) is 0 Å². The number of fused-ring (bicyclic) bond motifs is 6. The smallest absolute Gasteiger partial charge is 0.227 e. The van der Waals surface area contributed by atoms with Crippen LogP contribution < -0.4 is 4.90 Å². The third-order valence-corrected chi connectivity index (χ3v) is 9.09. The lowest BCUT2D eigenvalue weighted by Gasteiger charge is -2.26. The number of oxazole rings is 1. The van der Waals surface area contributed by atoms with Gasteiger partial charge in [0, 0.05) is 33.4 Å². The van der Waals surface area contributed by atoms with E-state index in [1.165, 1.54) is 22.3 Å². The molecule has 0 aliphatic heterocycles. The van der Waals surface area contributed by atoms with Crippen molar-refractivity contribution in [1.29, 1.82) is 0 Å². The molecule has 226 valence electrons. The van der Waals surface area contributed by atoms with Crippen molar-refractivity contribution >= 4 is 49.7 Å². The summed E-state index contributed by atoms with van der Waals surface area (Å²) in [4.78, 5) is 7.33. The first-order valence-electron chi connectivity index (χ1n) is 16.2. The maximum absolute atomic E-state index is 6.53. The quantitative estimate of drug-likeness (QED) is 0.175. The Morgan fingerprint density at radius 3 is 1.38 bits per heavy atom. The van der Waals surface area contributed by atoms with E-state index in [9.17, 15) is 0 Å². The van der Waals surface area contributed by atoms with Gasteiger partial charge in [0.2, 0.25) is 5.89 Å². The Kier molecular flexibility index (Phi) is 6.80. The first-order valence-corrected chi connectivity index (χ1v) is 16.2. The molecule has 0 aliphatic carbocycles. The standard InChI is InChI=1S/C45H30N2O/c1-4-12-31(13-5-1)33-20-24-36(25-21-33)47(37-26-22-34(23-27-37)32-14-6-2-7-15-32)38-28-29-41-42(30-38)39-18-10-11-19-40(39)43-44(41)48-45(46-43)35-16-8-3-9-17-35/h1-30H. The van der Waals surface area contributed by atoms with Gasteiger partial charge in [-0.05, 0) is 87.6 Å². The van der Waals surface area contributed by atoms with Crippen LogP contribution in [-0.4, -0.2) is 4.98 Å². The number of aromatic nitrogens is 1. The second-order valence-corrected chi connectivity index (χ2v) is 12.0. The molecule has 0 fully saturated rings. The predicted octanol–water partition coefficient (Wildman–Crippen LogP) is 12.6. The Balaban J connectivity index is 1.22. The van der Waals surface area contributed by atoms with Crippen LogP contribution in [0.15, 0.2) is 186 Å². The lowest BCUT2D eigenvalue weighted by molar-refractivity contribution is 0.623. The van der Waals surface area contributed by atoms with E-state index in [4.69, 9.17) is 9.40 Å². The van der Waals surface area contributed by atoms with E-state index in [0.29, 0.717) is 5.89 Å². The largest absolute Gasteiger partial charge is 0.435 e. The highest BCUT2D eigenvalue weighted by molar-refractivity contribution is 6.23. The molecular formula is C45H30N2O. The summed E-state index contributed by atoms with van der Waals surface area (Å²) in [5, 5.41) is 4.39. The highest BCUT2D eigenvalue weighted by atomic mass is 16.3. The maximum atomic E-state index is 6.53. The Bertz CT molecular complexity index is 2440. The number of nitrogens with zero attached hydrogens (tertiary/aromatic N) is 2. The molecule has 0 saturated carbocycles. The molecule has 8 aromatic carbocycles. The normalized spacial score (nSPS) is 11.3. The van der Waals surface area contributed by atoms with Crippen LogP contribution in [0.1, 0.15) is 0 Å². The van der Waals surface area contributed by atoms with Crippen molar-refractivity contribution < 1.29 is 4.42 Å². The lowest BCUT2D eigenvalue weighted by atomic mass is 9.99. The van der Waals surface area contributed by atoms with Gasteiger partial charge < -0.3 is 9.32 Å². The molecule has 0 N–H and O–H groups in total. The van der Waals surface area contributed by atoms with Gasteiger partial charge in [-0.15, -0.1) is 0 Å². The van der Waals surface area contributed by atoms with Crippen LogP contribution in [-0.2, 0) is 0 Å². The van der Waals surface area contributed by atoms with Gasteiger partial charge in [-0.25, -0.2) is 4.98 Å². The van der Waals surface area contributed by atoms with Gasteiger partial charge in [0.15, 0.2) is 5.58 Å². The molecule has 0 aliphatic rings. The molecule has 0 saturated heterocycles. The molecule has 0 unspecified atom stereocenters. The topological polar surface area (TPSA) is 29.3 Å². The van der Waals surface area contributed by atoms with E-state index in [2.05, 4.69) is 157 Å². The van der Waals surface area contributed by atoms with Crippen LogP contribution in [0.2, 0.25) is 0 Å². The molecular weight excluding hydrogens is 585 g/mol. The fraction of sp³-hybridized carbons (Fsp3) is 0. The zero-order valence-electron chi connectivity index (χ0n) is 26.1. The van der Waals surface area contributed by atoms with Crippen LogP contribution in [0, 0.1) is 0 Å². The SMILES string of the molecule is c1ccc(-c2ccc(N(c3ccc(-c4ccccc4)cc3)c3ccc4c(c3)c3ccccc3c3nc(-c5ccccc5)oc43)cc2)cc1. The van der Waals surface area contributed by atoms with Gasteiger partial charge in [-0.3, -0.25) is 0 Å². The van der Waals surface area contributed by atoms with Crippen molar-refractivity contribution in [2.24, 2.45) is 0 Å². The Morgan fingerprint density at radius 1 is 0.354 bits per heavy atom. The molecule has 0 bridgehead atoms. The minimum Gasteiger partial charge on any atom is -0.435 e. The van der Waals surface area contributed by atoms with Crippen LogP contribution in [0.25, 0.3) is 66.4 Å². The average molecular weight is 615 g/mol. The molecule has 0 amide bonds. The summed E-state index contributed by atoms with van der Waals surface area (Å²) < 4.78 is 6.53. The first kappa shape index (κ1) is 27.8. The maximum Gasteiger partial charge on any atom is 0.227 e. The third kappa shape index (κ3) is 4.90. The van der Waals surface area contributed by atoms with E-state index in [0.717, 1.165) is 55.3 Å². The fourth-order valence-corrected chi connectivity index (χ4v) is 6.72. The van der Waals surface area contributed by atoms with Crippen molar-refractivity contribution in [3.05, 3.63) is 182 Å². The minimum absolute atomic E-state index is 0.631. The molecule has 3 heteroatoms. The molecule has 0 radical (unpaired) electrons. The van der Waals surface area contributed by atoms with Crippen molar-refractivity contribution in [2.45, 2.75) is 0 Å². The number of hydrogen-bond donors (Lipinski definition) is 0. The number of rotatable bonds is 6. The van der Waals surface area contributed by atoms with Crippen LogP contribution in [0.5, 0.6) is 0 Å². The molecule has 3 nitrogen and oxygen atoms in total. The van der Waals surface area contributed by atoms with Crippen molar-refractivity contribution in [1.82, 2.24) is 4.98 Å². The van der Waals surface area contributed by atoms with Gasteiger partial charge in [0.1, 0.15) is 5.52 Å². The number of benzene rings is 8. The van der Waals surface area contributed by atoms with Crippen LogP contribution >= 0.6 is 0 Å². The number of hydrogen-bond acceptors (Lipinski definition) is 3. The lowest BCUT2D eigenvalue weighted by Crippen LogP contribution is -2.10. The minimum atomic E-state index is 0.631. The Morgan fingerprint density at radius 2 is 0.812 bits per heavy atom. The van der Waals surface area contributed by atoms with Crippen molar-refractivity contribution in [3.8, 4) is 33.7 Å². The zero-order chi connectivity index (χ0) is 31.9.